The number of benzene rings is 1. The Hall–Kier alpha value is -2.76. The maximum atomic E-state index is 5.86. The molecule has 0 bridgehead atoms. The maximum Gasteiger partial charge on any atom is 0.191 e. The zero-order chi connectivity index (χ0) is 20.3. The molecule has 1 fully saturated rings. The van der Waals surface area contributed by atoms with Gasteiger partial charge in [-0.25, -0.2) is 4.98 Å². The second kappa shape index (κ2) is 11.3. The molecule has 2 heterocycles. The lowest BCUT2D eigenvalue weighted by Crippen LogP contribution is -2.49. The van der Waals surface area contributed by atoms with E-state index in [2.05, 4.69) is 46.5 Å². The van der Waals surface area contributed by atoms with Gasteiger partial charge in [-0.1, -0.05) is 24.3 Å². The van der Waals surface area contributed by atoms with Gasteiger partial charge in [-0.05, 0) is 50.5 Å². The number of aryl methyl sites for hydroxylation is 1. The fourth-order valence-electron chi connectivity index (χ4n) is 3.46. The van der Waals surface area contributed by atoms with Crippen molar-refractivity contribution < 1.29 is 4.74 Å². The van der Waals surface area contributed by atoms with Crippen LogP contribution in [-0.4, -0.2) is 49.8 Å². The number of guanidine groups is 1. The van der Waals surface area contributed by atoms with Crippen molar-refractivity contribution >= 4 is 11.8 Å². The van der Waals surface area contributed by atoms with Gasteiger partial charge in [-0.15, -0.1) is 0 Å². The zero-order valence-corrected chi connectivity index (χ0v) is 17.6. The summed E-state index contributed by atoms with van der Waals surface area (Å²) in [5.74, 6) is 2.93. The molecule has 2 N–H and O–H groups in total. The molecular formula is C23H33N5O. The fourth-order valence-corrected chi connectivity index (χ4v) is 3.46. The van der Waals surface area contributed by atoms with Crippen molar-refractivity contribution in [3.05, 3.63) is 54.2 Å². The van der Waals surface area contributed by atoms with Gasteiger partial charge in [0.25, 0.3) is 0 Å². The number of piperidine rings is 1. The third kappa shape index (κ3) is 6.66. The number of aliphatic imine (C=N–C) groups is 1. The molecule has 0 atom stereocenters. The molecule has 0 unspecified atom stereocenters. The molecule has 156 valence electrons. The molecule has 29 heavy (non-hydrogen) atoms. The molecule has 0 amide bonds. The number of hydrogen-bond acceptors (Lipinski definition) is 4. The summed E-state index contributed by atoms with van der Waals surface area (Å²) in [7, 11) is 0. The lowest BCUT2D eigenvalue weighted by atomic mass is 10.1. The first kappa shape index (κ1) is 21.0. The number of aromatic nitrogens is 1. The Morgan fingerprint density at radius 2 is 1.97 bits per heavy atom. The van der Waals surface area contributed by atoms with Crippen LogP contribution in [0.25, 0.3) is 0 Å². The minimum absolute atomic E-state index is 0.441. The van der Waals surface area contributed by atoms with Crippen LogP contribution in [0.3, 0.4) is 0 Å². The van der Waals surface area contributed by atoms with Gasteiger partial charge in [0.1, 0.15) is 11.6 Å². The number of pyridine rings is 1. The van der Waals surface area contributed by atoms with Crippen molar-refractivity contribution in [3.8, 4) is 5.75 Å². The predicted molar refractivity (Wildman–Crippen MR) is 120 cm³/mol. The quantitative estimate of drug-likeness (QED) is 0.408. The second-order valence-electron chi connectivity index (χ2n) is 7.32. The highest BCUT2D eigenvalue weighted by Gasteiger charge is 2.20. The number of hydrogen-bond donors (Lipinski definition) is 2. The zero-order valence-electron chi connectivity index (χ0n) is 17.6. The van der Waals surface area contributed by atoms with E-state index in [-0.39, 0.29) is 0 Å². The topological polar surface area (TPSA) is 61.8 Å². The predicted octanol–water partition coefficient (Wildman–Crippen LogP) is 3.38. The van der Waals surface area contributed by atoms with E-state index in [9.17, 15) is 0 Å². The van der Waals surface area contributed by atoms with Crippen LogP contribution in [0.4, 0.5) is 5.82 Å². The smallest absolute Gasteiger partial charge is 0.191 e. The Morgan fingerprint density at radius 3 is 2.69 bits per heavy atom. The van der Waals surface area contributed by atoms with Crippen molar-refractivity contribution in [2.24, 2.45) is 4.99 Å². The van der Waals surface area contributed by atoms with E-state index in [0.29, 0.717) is 12.6 Å². The molecule has 2 aromatic rings. The third-order valence-corrected chi connectivity index (χ3v) is 5.08. The van der Waals surface area contributed by atoms with Gasteiger partial charge < -0.3 is 20.3 Å². The van der Waals surface area contributed by atoms with E-state index < -0.39 is 0 Å². The van der Waals surface area contributed by atoms with Crippen molar-refractivity contribution in [1.29, 1.82) is 0 Å². The molecule has 6 heteroatoms. The summed E-state index contributed by atoms with van der Waals surface area (Å²) in [5, 5.41) is 6.96. The van der Waals surface area contributed by atoms with Crippen LogP contribution in [0, 0.1) is 6.92 Å². The highest BCUT2D eigenvalue weighted by molar-refractivity contribution is 5.80. The van der Waals surface area contributed by atoms with E-state index in [1.54, 1.807) is 0 Å². The molecule has 0 spiro atoms. The summed E-state index contributed by atoms with van der Waals surface area (Å²) < 4.78 is 5.86. The van der Waals surface area contributed by atoms with E-state index in [0.717, 1.165) is 63.0 Å². The summed E-state index contributed by atoms with van der Waals surface area (Å²) in [6.07, 6.45) is 4.91. The van der Waals surface area contributed by atoms with E-state index in [1.165, 1.54) is 5.56 Å². The summed E-state index contributed by atoms with van der Waals surface area (Å²) in [5.41, 5.74) is 1.17. The molecule has 0 radical (unpaired) electrons. The standard InChI is InChI=1S/C23H33N5O/c1-3-24-23(26-15-8-18-29-21-10-5-4-9-19(21)2)27-20-12-16-28(17-13-20)22-11-6-7-14-25-22/h4-7,9-11,14,20H,3,8,12-13,15-18H2,1-2H3,(H2,24,26,27). The van der Waals surface area contributed by atoms with Gasteiger partial charge >= 0.3 is 0 Å². The molecule has 0 aliphatic carbocycles. The first-order valence-electron chi connectivity index (χ1n) is 10.7. The monoisotopic (exact) mass is 395 g/mol. The van der Waals surface area contributed by atoms with Crippen LogP contribution in [0.5, 0.6) is 5.75 Å². The number of para-hydroxylation sites is 1. The Balaban J connectivity index is 1.41. The molecule has 1 aliphatic rings. The molecule has 6 nitrogen and oxygen atoms in total. The van der Waals surface area contributed by atoms with Gasteiger partial charge in [-0.3, -0.25) is 4.99 Å². The lowest BCUT2D eigenvalue weighted by Gasteiger charge is -2.33. The van der Waals surface area contributed by atoms with Gasteiger partial charge in [0.15, 0.2) is 5.96 Å². The van der Waals surface area contributed by atoms with Crippen LogP contribution >= 0.6 is 0 Å². The number of nitrogens with one attached hydrogen (secondary N) is 2. The normalized spacial score (nSPS) is 15.2. The van der Waals surface area contributed by atoms with Crippen LogP contribution in [0.15, 0.2) is 53.7 Å². The Labute approximate surface area is 174 Å². The van der Waals surface area contributed by atoms with Crippen molar-refractivity contribution in [2.75, 3.05) is 37.7 Å². The number of anilines is 1. The van der Waals surface area contributed by atoms with Crippen molar-refractivity contribution in [2.45, 2.75) is 39.2 Å². The molecular weight excluding hydrogens is 362 g/mol. The highest BCUT2D eigenvalue weighted by atomic mass is 16.5. The fraction of sp³-hybridized carbons (Fsp3) is 0.478. The van der Waals surface area contributed by atoms with E-state index in [4.69, 9.17) is 9.73 Å². The van der Waals surface area contributed by atoms with Crippen molar-refractivity contribution in [3.63, 3.8) is 0 Å². The first-order valence-corrected chi connectivity index (χ1v) is 10.7. The minimum atomic E-state index is 0.441. The minimum Gasteiger partial charge on any atom is -0.493 e. The van der Waals surface area contributed by atoms with Gasteiger partial charge in [-0.2, -0.15) is 0 Å². The molecule has 3 rings (SSSR count). The van der Waals surface area contributed by atoms with Crippen molar-refractivity contribution in [1.82, 2.24) is 15.6 Å². The second-order valence-corrected chi connectivity index (χ2v) is 7.32. The maximum absolute atomic E-state index is 5.86. The van der Waals surface area contributed by atoms with E-state index >= 15 is 0 Å². The Morgan fingerprint density at radius 1 is 1.17 bits per heavy atom. The van der Waals surface area contributed by atoms with Crippen LogP contribution in [0.1, 0.15) is 31.7 Å². The average molecular weight is 396 g/mol. The first-order chi connectivity index (χ1) is 14.3. The number of ether oxygens (including phenoxy) is 1. The summed E-state index contributed by atoms with van der Waals surface area (Å²) >= 11 is 0. The highest BCUT2D eigenvalue weighted by Crippen LogP contribution is 2.17. The molecule has 0 saturated carbocycles. The summed E-state index contributed by atoms with van der Waals surface area (Å²) in [4.78, 5) is 11.5. The number of nitrogens with zero attached hydrogens (tertiary/aromatic N) is 3. The van der Waals surface area contributed by atoms with Gasteiger partial charge in [0, 0.05) is 44.8 Å². The van der Waals surface area contributed by atoms with Gasteiger partial charge in [0.2, 0.25) is 0 Å². The summed E-state index contributed by atoms with van der Waals surface area (Å²) in [6, 6.07) is 14.7. The Kier molecular flexibility index (Phi) is 8.16. The Bertz CT molecular complexity index is 757. The number of rotatable bonds is 8. The van der Waals surface area contributed by atoms with Crippen LogP contribution in [0.2, 0.25) is 0 Å². The molecule has 1 aliphatic heterocycles. The van der Waals surface area contributed by atoms with E-state index in [1.807, 2.05) is 36.5 Å². The van der Waals surface area contributed by atoms with Crippen LogP contribution < -0.4 is 20.3 Å². The SMILES string of the molecule is CCNC(=NCCCOc1ccccc1C)NC1CCN(c2ccccn2)CC1. The molecule has 1 saturated heterocycles. The molecule has 1 aromatic heterocycles. The average Bonchev–Trinajstić information content (AvgIpc) is 2.76. The van der Waals surface area contributed by atoms with Gasteiger partial charge in [0.05, 0.1) is 6.61 Å². The molecule has 1 aromatic carbocycles. The van der Waals surface area contributed by atoms with Crippen LogP contribution in [-0.2, 0) is 0 Å². The lowest BCUT2D eigenvalue weighted by molar-refractivity contribution is 0.311. The third-order valence-electron chi connectivity index (χ3n) is 5.08. The summed E-state index contributed by atoms with van der Waals surface area (Å²) in [6.45, 7) is 8.47. The largest absolute Gasteiger partial charge is 0.493 e.